The molecule has 0 saturated heterocycles. The van der Waals surface area contributed by atoms with Crippen molar-refractivity contribution in [2.45, 2.75) is 0 Å². The van der Waals surface area contributed by atoms with E-state index in [0.717, 1.165) is 12.0 Å². The summed E-state index contributed by atoms with van der Waals surface area (Å²) in [5.74, 6) is 0.568. The Hall–Kier alpha value is -2.10. The third kappa shape index (κ3) is 1.80. The monoisotopic (exact) mass is 187 g/mol. The highest BCUT2D eigenvalue weighted by Crippen LogP contribution is 2.11. The quantitative estimate of drug-likeness (QED) is 0.722. The second kappa shape index (κ2) is 3.74. The van der Waals surface area contributed by atoms with Gasteiger partial charge in [0.2, 0.25) is 5.95 Å². The summed E-state index contributed by atoms with van der Waals surface area (Å²) in [5, 5.41) is 3.03. The number of hydrogen-bond donors (Lipinski definition) is 2. The number of aromatic amines is 1. The molecule has 0 aliphatic heterocycles. The van der Waals surface area contributed by atoms with Gasteiger partial charge >= 0.3 is 0 Å². The van der Waals surface area contributed by atoms with Crippen molar-refractivity contribution in [3.05, 3.63) is 42.2 Å². The van der Waals surface area contributed by atoms with Crippen LogP contribution in [0.1, 0.15) is 10.5 Å². The van der Waals surface area contributed by atoms with E-state index in [-0.39, 0.29) is 0 Å². The average molecular weight is 187 g/mol. The van der Waals surface area contributed by atoms with E-state index in [2.05, 4.69) is 15.3 Å². The van der Waals surface area contributed by atoms with Gasteiger partial charge in [0.25, 0.3) is 0 Å². The van der Waals surface area contributed by atoms with Gasteiger partial charge in [-0.15, -0.1) is 0 Å². The standard InChI is InChI=1S/C10H9N3O/c14-7-9-6-11-10(13-9)12-8-4-2-1-3-5-8/h1-7H,(H2,11,12,13). The number of carbonyl (C=O) groups is 1. The fourth-order valence-electron chi connectivity index (χ4n) is 1.12. The highest BCUT2D eigenvalue weighted by atomic mass is 16.1. The first-order chi connectivity index (χ1) is 6.88. The number of benzene rings is 1. The Morgan fingerprint density at radius 3 is 2.71 bits per heavy atom. The number of para-hydroxylation sites is 1. The zero-order valence-corrected chi connectivity index (χ0v) is 7.40. The number of H-pyrrole nitrogens is 1. The average Bonchev–Trinajstić information content (AvgIpc) is 2.67. The smallest absolute Gasteiger partial charge is 0.205 e. The first-order valence-corrected chi connectivity index (χ1v) is 4.21. The Morgan fingerprint density at radius 2 is 2.07 bits per heavy atom. The Kier molecular flexibility index (Phi) is 2.27. The summed E-state index contributed by atoms with van der Waals surface area (Å²) >= 11 is 0. The van der Waals surface area contributed by atoms with Crippen LogP contribution < -0.4 is 5.32 Å². The van der Waals surface area contributed by atoms with Crippen LogP contribution in [-0.2, 0) is 0 Å². The SMILES string of the molecule is O=Cc1cnc(Nc2ccccc2)[nH]1. The molecule has 0 bridgehead atoms. The topological polar surface area (TPSA) is 57.8 Å². The Bertz CT molecular complexity index is 422. The fraction of sp³-hybridized carbons (Fsp3) is 0. The van der Waals surface area contributed by atoms with Crippen LogP contribution in [0.3, 0.4) is 0 Å². The van der Waals surface area contributed by atoms with Crippen molar-refractivity contribution in [2.24, 2.45) is 0 Å². The molecule has 0 atom stereocenters. The second-order valence-electron chi connectivity index (χ2n) is 2.80. The summed E-state index contributed by atoms with van der Waals surface area (Å²) in [6.07, 6.45) is 2.21. The molecule has 1 aromatic heterocycles. The number of carbonyl (C=O) groups excluding carboxylic acids is 1. The minimum Gasteiger partial charge on any atom is -0.326 e. The van der Waals surface area contributed by atoms with Gasteiger partial charge in [0.05, 0.1) is 11.9 Å². The molecule has 14 heavy (non-hydrogen) atoms. The van der Waals surface area contributed by atoms with Crippen LogP contribution in [-0.4, -0.2) is 16.3 Å². The molecule has 2 N–H and O–H groups in total. The first-order valence-electron chi connectivity index (χ1n) is 4.21. The highest BCUT2D eigenvalue weighted by Gasteiger charge is 1.98. The molecular formula is C10H9N3O. The summed E-state index contributed by atoms with van der Waals surface area (Å²) < 4.78 is 0. The summed E-state index contributed by atoms with van der Waals surface area (Å²) in [4.78, 5) is 17.2. The number of imidazole rings is 1. The van der Waals surface area contributed by atoms with Crippen molar-refractivity contribution in [3.63, 3.8) is 0 Å². The van der Waals surface area contributed by atoms with E-state index in [9.17, 15) is 4.79 Å². The molecular weight excluding hydrogens is 178 g/mol. The molecule has 70 valence electrons. The number of anilines is 2. The maximum atomic E-state index is 10.4. The van der Waals surface area contributed by atoms with Crippen molar-refractivity contribution in [1.82, 2.24) is 9.97 Å². The van der Waals surface area contributed by atoms with Gasteiger partial charge in [0.1, 0.15) is 0 Å². The normalized spacial score (nSPS) is 9.71. The third-order valence-corrected chi connectivity index (χ3v) is 1.76. The molecule has 1 aromatic carbocycles. The predicted octanol–water partition coefficient (Wildman–Crippen LogP) is 1.97. The molecule has 0 spiro atoms. The maximum absolute atomic E-state index is 10.4. The first kappa shape index (κ1) is 8.50. The van der Waals surface area contributed by atoms with Crippen LogP contribution in [0.2, 0.25) is 0 Å². The number of nitrogens with one attached hydrogen (secondary N) is 2. The van der Waals surface area contributed by atoms with Gasteiger partial charge in [-0.05, 0) is 12.1 Å². The van der Waals surface area contributed by atoms with Crippen molar-refractivity contribution in [3.8, 4) is 0 Å². The molecule has 0 amide bonds. The minimum atomic E-state index is 0.462. The van der Waals surface area contributed by atoms with Crippen LogP contribution in [0, 0.1) is 0 Å². The lowest BCUT2D eigenvalue weighted by Gasteiger charge is -2.00. The van der Waals surface area contributed by atoms with E-state index in [0.29, 0.717) is 11.6 Å². The fourth-order valence-corrected chi connectivity index (χ4v) is 1.12. The van der Waals surface area contributed by atoms with Crippen molar-refractivity contribution in [2.75, 3.05) is 5.32 Å². The second-order valence-corrected chi connectivity index (χ2v) is 2.80. The molecule has 1 heterocycles. The van der Waals surface area contributed by atoms with E-state index in [1.807, 2.05) is 30.3 Å². The van der Waals surface area contributed by atoms with E-state index in [1.54, 1.807) is 0 Å². The van der Waals surface area contributed by atoms with Crippen molar-refractivity contribution in [1.29, 1.82) is 0 Å². The minimum absolute atomic E-state index is 0.462. The van der Waals surface area contributed by atoms with Crippen LogP contribution in [0.15, 0.2) is 36.5 Å². The molecule has 0 aliphatic rings. The van der Waals surface area contributed by atoms with Crippen LogP contribution in [0.25, 0.3) is 0 Å². The number of nitrogens with zero attached hydrogens (tertiary/aromatic N) is 1. The summed E-state index contributed by atoms with van der Waals surface area (Å²) in [6, 6.07) is 9.62. The molecule has 4 nitrogen and oxygen atoms in total. The zero-order valence-electron chi connectivity index (χ0n) is 7.40. The molecule has 0 unspecified atom stereocenters. The predicted molar refractivity (Wildman–Crippen MR) is 53.7 cm³/mol. The van der Waals surface area contributed by atoms with Gasteiger partial charge in [0, 0.05) is 5.69 Å². The lowest BCUT2D eigenvalue weighted by atomic mass is 10.3. The molecule has 0 aliphatic carbocycles. The van der Waals surface area contributed by atoms with Crippen molar-refractivity contribution >= 4 is 17.9 Å². The van der Waals surface area contributed by atoms with Gasteiger partial charge in [-0.25, -0.2) is 4.98 Å². The molecule has 2 rings (SSSR count). The molecule has 0 fully saturated rings. The lowest BCUT2D eigenvalue weighted by molar-refractivity contribution is 0.111. The maximum Gasteiger partial charge on any atom is 0.205 e. The van der Waals surface area contributed by atoms with E-state index < -0.39 is 0 Å². The lowest BCUT2D eigenvalue weighted by Crippen LogP contribution is -1.91. The van der Waals surface area contributed by atoms with E-state index >= 15 is 0 Å². The number of aldehydes is 1. The zero-order chi connectivity index (χ0) is 9.80. The van der Waals surface area contributed by atoms with Crippen LogP contribution in [0.4, 0.5) is 11.6 Å². The highest BCUT2D eigenvalue weighted by molar-refractivity contribution is 5.72. The van der Waals surface area contributed by atoms with Gasteiger partial charge < -0.3 is 10.3 Å². The molecule has 0 saturated carbocycles. The van der Waals surface area contributed by atoms with E-state index in [1.165, 1.54) is 6.20 Å². The number of rotatable bonds is 3. The summed E-state index contributed by atoms with van der Waals surface area (Å²) in [5.41, 5.74) is 1.39. The summed E-state index contributed by atoms with van der Waals surface area (Å²) in [6.45, 7) is 0. The van der Waals surface area contributed by atoms with Gasteiger partial charge in [-0.2, -0.15) is 0 Å². The van der Waals surface area contributed by atoms with Crippen LogP contribution in [0.5, 0.6) is 0 Å². The summed E-state index contributed by atoms with van der Waals surface area (Å²) in [7, 11) is 0. The Balaban J connectivity index is 2.15. The molecule has 4 heteroatoms. The number of hydrogen-bond acceptors (Lipinski definition) is 3. The van der Waals surface area contributed by atoms with Crippen LogP contribution >= 0.6 is 0 Å². The Morgan fingerprint density at radius 1 is 1.29 bits per heavy atom. The molecule has 2 aromatic rings. The third-order valence-electron chi connectivity index (χ3n) is 1.76. The van der Waals surface area contributed by atoms with Gasteiger partial charge in [0.15, 0.2) is 6.29 Å². The number of aromatic nitrogens is 2. The molecule has 0 radical (unpaired) electrons. The van der Waals surface area contributed by atoms with E-state index in [4.69, 9.17) is 0 Å². The Labute approximate surface area is 81.0 Å². The van der Waals surface area contributed by atoms with Gasteiger partial charge in [-0.1, -0.05) is 18.2 Å². The largest absolute Gasteiger partial charge is 0.326 e. The van der Waals surface area contributed by atoms with Gasteiger partial charge in [-0.3, -0.25) is 4.79 Å². The van der Waals surface area contributed by atoms with Crippen molar-refractivity contribution < 1.29 is 4.79 Å².